The number of nitrogens with two attached hydrogens (primary N) is 1. The Hall–Kier alpha value is -2.16. The van der Waals surface area contributed by atoms with Crippen LogP contribution in [0.4, 0.5) is 5.69 Å². The number of terminal acetylenes is 1. The largest absolute Gasteiger partial charge is 0.480 e. The Morgan fingerprint density at radius 2 is 2.13 bits per heavy atom. The van der Waals surface area contributed by atoms with Gasteiger partial charge in [0.2, 0.25) is 5.88 Å². The summed E-state index contributed by atoms with van der Waals surface area (Å²) in [6.07, 6.45) is 5.10. The molecule has 80 valence electrons. The highest BCUT2D eigenvalue weighted by Crippen LogP contribution is 2.12. The van der Waals surface area contributed by atoms with Gasteiger partial charge >= 0.3 is 5.69 Å². The van der Waals surface area contributed by atoms with Crippen molar-refractivity contribution in [3.8, 4) is 18.2 Å². The van der Waals surface area contributed by atoms with Crippen LogP contribution in [0.15, 0.2) is 9.59 Å². The average molecular weight is 209 g/mol. The minimum absolute atomic E-state index is 0.000324. The molecule has 1 rings (SSSR count). The summed E-state index contributed by atoms with van der Waals surface area (Å²) in [4.78, 5) is 23.0. The molecule has 0 aliphatic rings. The van der Waals surface area contributed by atoms with E-state index in [-0.39, 0.29) is 18.1 Å². The average Bonchev–Trinajstić information content (AvgIpc) is 2.24. The molecule has 0 saturated carbocycles. The molecule has 0 aromatic carbocycles. The fraction of sp³-hybridized carbons (Fsp3) is 0.333. The van der Waals surface area contributed by atoms with Crippen LogP contribution in [0.3, 0.4) is 0 Å². The molecule has 0 fully saturated rings. The van der Waals surface area contributed by atoms with Gasteiger partial charge in [-0.05, 0) is 0 Å². The van der Waals surface area contributed by atoms with E-state index in [0.29, 0.717) is 0 Å². The Morgan fingerprint density at radius 1 is 1.53 bits per heavy atom. The maximum atomic E-state index is 11.6. The molecule has 0 amide bonds. The minimum atomic E-state index is -0.592. The van der Waals surface area contributed by atoms with Crippen LogP contribution in [-0.4, -0.2) is 16.2 Å². The first-order valence-electron chi connectivity index (χ1n) is 4.11. The van der Waals surface area contributed by atoms with Crippen molar-refractivity contribution >= 4 is 5.69 Å². The first-order chi connectivity index (χ1) is 7.04. The number of anilines is 1. The van der Waals surface area contributed by atoms with E-state index in [9.17, 15) is 9.59 Å². The minimum Gasteiger partial charge on any atom is -0.480 e. The summed E-state index contributed by atoms with van der Waals surface area (Å²) in [6.45, 7) is 0.000324. The van der Waals surface area contributed by atoms with Gasteiger partial charge in [-0.15, -0.1) is 6.42 Å². The van der Waals surface area contributed by atoms with Gasteiger partial charge in [-0.25, -0.2) is 4.79 Å². The van der Waals surface area contributed by atoms with E-state index in [0.717, 1.165) is 9.13 Å². The second-order valence-electron chi connectivity index (χ2n) is 2.86. The third-order valence-electron chi connectivity index (χ3n) is 1.97. The first kappa shape index (κ1) is 10.9. The Balaban J connectivity index is 3.72. The zero-order valence-electron chi connectivity index (χ0n) is 8.48. The number of nitrogens with zero attached hydrogens (tertiary/aromatic N) is 2. The van der Waals surface area contributed by atoms with Gasteiger partial charge < -0.3 is 10.5 Å². The zero-order valence-corrected chi connectivity index (χ0v) is 8.48. The summed E-state index contributed by atoms with van der Waals surface area (Å²) >= 11 is 0. The quantitative estimate of drug-likeness (QED) is 0.618. The Labute approximate surface area is 85.9 Å². The smallest absolute Gasteiger partial charge is 0.334 e. The number of ether oxygens (including phenoxy) is 1. The molecular formula is C9H11N3O3. The number of aromatic nitrogens is 2. The summed E-state index contributed by atoms with van der Waals surface area (Å²) in [5, 5.41) is 0. The lowest BCUT2D eigenvalue weighted by Crippen LogP contribution is -2.39. The van der Waals surface area contributed by atoms with Crippen LogP contribution in [0.25, 0.3) is 0 Å². The van der Waals surface area contributed by atoms with E-state index in [1.807, 2.05) is 0 Å². The molecule has 0 unspecified atom stereocenters. The van der Waals surface area contributed by atoms with E-state index in [2.05, 4.69) is 5.92 Å². The fourth-order valence-electron chi connectivity index (χ4n) is 1.22. The lowest BCUT2D eigenvalue weighted by Gasteiger charge is -2.12. The number of rotatable bonds is 2. The molecule has 0 radical (unpaired) electrons. The van der Waals surface area contributed by atoms with Crippen LogP contribution in [0.5, 0.6) is 5.88 Å². The highest BCUT2D eigenvalue weighted by atomic mass is 16.5. The topological polar surface area (TPSA) is 79.2 Å². The molecule has 2 N–H and O–H groups in total. The van der Waals surface area contributed by atoms with E-state index in [4.69, 9.17) is 16.9 Å². The van der Waals surface area contributed by atoms with Gasteiger partial charge in [0.1, 0.15) is 0 Å². The van der Waals surface area contributed by atoms with Crippen molar-refractivity contribution in [2.24, 2.45) is 7.05 Å². The van der Waals surface area contributed by atoms with Crippen molar-refractivity contribution in [1.29, 1.82) is 0 Å². The second kappa shape index (κ2) is 3.92. The predicted molar refractivity (Wildman–Crippen MR) is 55.7 cm³/mol. The third kappa shape index (κ3) is 1.59. The Morgan fingerprint density at radius 3 is 2.60 bits per heavy atom. The molecule has 1 aromatic rings. The van der Waals surface area contributed by atoms with E-state index in [1.165, 1.54) is 14.2 Å². The number of methoxy groups -OCH3 is 1. The maximum Gasteiger partial charge on any atom is 0.334 e. The lowest BCUT2D eigenvalue weighted by atomic mass is 10.4. The van der Waals surface area contributed by atoms with Gasteiger partial charge in [0.25, 0.3) is 5.56 Å². The predicted octanol–water partition coefficient (Wildman–Crippen LogP) is -1.23. The van der Waals surface area contributed by atoms with Crippen molar-refractivity contribution in [3.05, 3.63) is 20.8 Å². The van der Waals surface area contributed by atoms with Crippen LogP contribution >= 0.6 is 0 Å². The van der Waals surface area contributed by atoms with Gasteiger partial charge in [-0.3, -0.25) is 13.9 Å². The van der Waals surface area contributed by atoms with Crippen molar-refractivity contribution in [3.63, 3.8) is 0 Å². The molecule has 0 bridgehead atoms. The molecule has 1 aromatic heterocycles. The van der Waals surface area contributed by atoms with E-state index < -0.39 is 11.2 Å². The Bertz CT molecular complexity index is 533. The summed E-state index contributed by atoms with van der Waals surface area (Å²) in [6, 6.07) is 0. The van der Waals surface area contributed by atoms with Crippen LogP contribution in [0.2, 0.25) is 0 Å². The molecule has 0 saturated heterocycles. The van der Waals surface area contributed by atoms with Crippen molar-refractivity contribution in [1.82, 2.24) is 9.13 Å². The monoisotopic (exact) mass is 209 g/mol. The van der Waals surface area contributed by atoms with E-state index in [1.54, 1.807) is 0 Å². The van der Waals surface area contributed by atoms with Crippen LogP contribution in [-0.2, 0) is 13.6 Å². The van der Waals surface area contributed by atoms with Crippen molar-refractivity contribution in [2.45, 2.75) is 6.54 Å². The molecule has 0 atom stereocenters. The van der Waals surface area contributed by atoms with Gasteiger partial charge in [0.15, 0.2) is 5.69 Å². The van der Waals surface area contributed by atoms with Gasteiger partial charge in [0.05, 0.1) is 13.7 Å². The number of hydrogen-bond donors (Lipinski definition) is 1. The normalized spacial score (nSPS) is 9.67. The highest BCUT2D eigenvalue weighted by Gasteiger charge is 2.14. The summed E-state index contributed by atoms with van der Waals surface area (Å²) in [5.41, 5.74) is 4.23. The SMILES string of the molecule is C#CCn1c(OC)c(N)c(=O)n(C)c1=O. The van der Waals surface area contributed by atoms with Crippen LogP contribution in [0.1, 0.15) is 0 Å². The second-order valence-corrected chi connectivity index (χ2v) is 2.86. The molecule has 0 aliphatic heterocycles. The lowest BCUT2D eigenvalue weighted by molar-refractivity contribution is 0.367. The van der Waals surface area contributed by atoms with Gasteiger partial charge in [-0.2, -0.15) is 0 Å². The summed E-state index contributed by atoms with van der Waals surface area (Å²) in [7, 11) is 2.64. The maximum absolute atomic E-state index is 11.6. The zero-order chi connectivity index (χ0) is 11.6. The van der Waals surface area contributed by atoms with Crippen molar-refractivity contribution in [2.75, 3.05) is 12.8 Å². The van der Waals surface area contributed by atoms with Crippen LogP contribution in [0, 0.1) is 12.3 Å². The van der Waals surface area contributed by atoms with Gasteiger partial charge in [-0.1, -0.05) is 5.92 Å². The Kier molecular flexibility index (Phi) is 2.85. The third-order valence-corrected chi connectivity index (χ3v) is 1.97. The molecule has 0 aliphatic carbocycles. The molecule has 15 heavy (non-hydrogen) atoms. The van der Waals surface area contributed by atoms with Crippen LogP contribution < -0.4 is 21.7 Å². The molecule has 6 heteroatoms. The molecule has 0 spiro atoms. The van der Waals surface area contributed by atoms with Gasteiger partial charge in [0, 0.05) is 7.05 Å². The first-order valence-corrected chi connectivity index (χ1v) is 4.11. The number of nitrogen functional groups attached to an aromatic ring is 1. The molecule has 1 heterocycles. The standard InChI is InChI=1S/C9H11N3O3/c1-4-5-12-8(15-3)6(10)7(13)11(2)9(12)14/h1H,5,10H2,2-3H3. The molecular weight excluding hydrogens is 198 g/mol. The summed E-state index contributed by atoms with van der Waals surface area (Å²) in [5.74, 6) is 2.29. The molecule has 6 nitrogen and oxygen atoms in total. The highest BCUT2D eigenvalue weighted by molar-refractivity contribution is 5.46. The summed E-state index contributed by atoms with van der Waals surface area (Å²) < 4.78 is 6.88. The van der Waals surface area contributed by atoms with E-state index >= 15 is 0 Å². The fourth-order valence-corrected chi connectivity index (χ4v) is 1.22. The van der Waals surface area contributed by atoms with Crippen molar-refractivity contribution < 1.29 is 4.74 Å². The number of hydrogen-bond acceptors (Lipinski definition) is 4.